The highest BCUT2D eigenvalue weighted by Gasteiger charge is 2.06. The molecule has 1 nitrogen and oxygen atoms in total. The third kappa shape index (κ3) is 3.35. The molecule has 0 saturated heterocycles. The molecule has 1 N–H and O–H groups in total. The Labute approximate surface area is 86.1 Å². The number of benzene rings is 1. The molecule has 0 bridgehead atoms. The van der Waals surface area contributed by atoms with E-state index in [1.807, 2.05) is 18.2 Å². The van der Waals surface area contributed by atoms with Gasteiger partial charge in [-0.3, -0.25) is 0 Å². The van der Waals surface area contributed by atoms with Crippen molar-refractivity contribution in [2.75, 3.05) is 6.61 Å². The Morgan fingerprint density at radius 2 is 1.86 bits per heavy atom. The number of aliphatic hydroxyl groups excluding tert-OH is 1. The van der Waals surface area contributed by atoms with Crippen molar-refractivity contribution in [3.8, 4) is 0 Å². The Hall–Kier alpha value is -1.08. The zero-order chi connectivity index (χ0) is 10.4. The molecule has 1 heteroatoms. The Morgan fingerprint density at radius 1 is 1.21 bits per heavy atom. The van der Waals surface area contributed by atoms with E-state index in [0.717, 1.165) is 0 Å². The minimum absolute atomic E-state index is 0.223. The van der Waals surface area contributed by atoms with E-state index in [1.54, 1.807) is 0 Å². The van der Waals surface area contributed by atoms with Crippen LogP contribution in [0.15, 0.2) is 36.4 Å². The third-order valence-corrected chi connectivity index (χ3v) is 2.40. The van der Waals surface area contributed by atoms with Gasteiger partial charge in [-0.2, -0.15) is 0 Å². The molecule has 0 radical (unpaired) electrons. The molecule has 14 heavy (non-hydrogen) atoms. The molecule has 76 valence electrons. The van der Waals surface area contributed by atoms with Gasteiger partial charge in [-0.1, -0.05) is 56.3 Å². The molecule has 0 spiro atoms. The number of rotatable bonds is 4. The molecule has 1 rings (SSSR count). The summed E-state index contributed by atoms with van der Waals surface area (Å²) in [4.78, 5) is 0. The Bertz CT molecular complexity index is 275. The molecule has 0 heterocycles. The van der Waals surface area contributed by atoms with E-state index >= 15 is 0 Å². The highest BCUT2D eigenvalue weighted by atomic mass is 16.3. The fraction of sp³-hybridized carbons (Fsp3) is 0.385. The van der Waals surface area contributed by atoms with E-state index in [-0.39, 0.29) is 12.5 Å². The minimum Gasteiger partial charge on any atom is -0.396 e. The number of aliphatic hydroxyl groups is 1. The van der Waals surface area contributed by atoms with Crippen molar-refractivity contribution in [3.63, 3.8) is 0 Å². The average molecular weight is 190 g/mol. The summed E-state index contributed by atoms with van der Waals surface area (Å²) in [5.74, 6) is 0.746. The summed E-state index contributed by atoms with van der Waals surface area (Å²) < 4.78 is 0. The van der Waals surface area contributed by atoms with Gasteiger partial charge in [-0.15, -0.1) is 0 Å². The fourth-order valence-electron chi connectivity index (χ4n) is 1.29. The molecule has 1 unspecified atom stereocenters. The lowest BCUT2D eigenvalue weighted by Crippen LogP contribution is -2.09. The molecule has 0 aromatic heterocycles. The normalized spacial score (nSPS) is 13.7. The van der Waals surface area contributed by atoms with Crippen molar-refractivity contribution < 1.29 is 5.11 Å². The van der Waals surface area contributed by atoms with E-state index in [9.17, 15) is 0 Å². The number of hydrogen-bond donors (Lipinski definition) is 1. The van der Waals surface area contributed by atoms with Gasteiger partial charge in [0, 0.05) is 12.5 Å². The lowest BCUT2D eigenvalue weighted by molar-refractivity contribution is 0.222. The molecule has 0 aliphatic rings. The first-order chi connectivity index (χ1) is 6.74. The van der Waals surface area contributed by atoms with Gasteiger partial charge >= 0.3 is 0 Å². The summed E-state index contributed by atoms with van der Waals surface area (Å²) in [5.41, 5.74) is 1.19. The van der Waals surface area contributed by atoms with Gasteiger partial charge in [-0.05, 0) is 11.5 Å². The molecule has 0 fully saturated rings. The van der Waals surface area contributed by atoms with Crippen LogP contribution in [0.3, 0.4) is 0 Å². The largest absolute Gasteiger partial charge is 0.396 e. The molecular formula is C13H18O. The SMILES string of the molecule is CC(C)C(/C=C/c1ccccc1)CO. The van der Waals surface area contributed by atoms with Crippen molar-refractivity contribution in [3.05, 3.63) is 42.0 Å². The zero-order valence-electron chi connectivity index (χ0n) is 8.85. The van der Waals surface area contributed by atoms with Gasteiger partial charge < -0.3 is 5.11 Å². The summed E-state index contributed by atoms with van der Waals surface area (Å²) in [5, 5.41) is 9.12. The maximum Gasteiger partial charge on any atom is 0.0496 e. The van der Waals surface area contributed by atoms with Crippen LogP contribution in [0.5, 0.6) is 0 Å². The molecule has 0 aliphatic heterocycles. The second-order valence-electron chi connectivity index (χ2n) is 3.86. The van der Waals surface area contributed by atoms with E-state index in [0.29, 0.717) is 5.92 Å². The highest BCUT2D eigenvalue weighted by molar-refractivity contribution is 5.48. The van der Waals surface area contributed by atoms with E-state index < -0.39 is 0 Å². The standard InChI is InChI=1S/C13H18O/c1-11(2)13(10-14)9-8-12-6-4-3-5-7-12/h3-9,11,13-14H,10H2,1-2H3/b9-8+. The van der Waals surface area contributed by atoms with Crippen molar-refractivity contribution >= 4 is 6.08 Å². The molecule has 0 amide bonds. The van der Waals surface area contributed by atoms with Crippen molar-refractivity contribution in [1.82, 2.24) is 0 Å². The molecule has 0 aliphatic carbocycles. The summed E-state index contributed by atoms with van der Waals surface area (Å²) in [6.45, 7) is 4.47. The van der Waals surface area contributed by atoms with Crippen LogP contribution in [0, 0.1) is 11.8 Å². The maximum atomic E-state index is 9.12. The molecule has 1 aromatic rings. The predicted molar refractivity (Wildman–Crippen MR) is 60.9 cm³/mol. The lowest BCUT2D eigenvalue weighted by Gasteiger charge is -2.12. The van der Waals surface area contributed by atoms with E-state index in [2.05, 4.69) is 38.1 Å². The molecular weight excluding hydrogens is 172 g/mol. The van der Waals surface area contributed by atoms with Crippen LogP contribution in [0.2, 0.25) is 0 Å². The van der Waals surface area contributed by atoms with Crippen molar-refractivity contribution in [1.29, 1.82) is 0 Å². The minimum atomic E-state index is 0.223. The first-order valence-electron chi connectivity index (χ1n) is 5.08. The topological polar surface area (TPSA) is 20.2 Å². The van der Waals surface area contributed by atoms with Gasteiger partial charge in [0.25, 0.3) is 0 Å². The highest BCUT2D eigenvalue weighted by Crippen LogP contribution is 2.13. The van der Waals surface area contributed by atoms with Gasteiger partial charge in [-0.25, -0.2) is 0 Å². The second-order valence-corrected chi connectivity index (χ2v) is 3.86. The maximum absolute atomic E-state index is 9.12. The Kier molecular flexibility index (Phi) is 4.41. The Balaban J connectivity index is 2.63. The zero-order valence-corrected chi connectivity index (χ0v) is 8.85. The molecule has 1 aromatic carbocycles. The molecule has 0 saturated carbocycles. The summed E-state index contributed by atoms with van der Waals surface area (Å²) in [7, 11) is 0. The first kappa shape index (κ1) is 11.0. The van der Waals surface area contributed by atoms with Gasteiger partial charge in [0.1, 0.15) is 0 Å². The van der Waals surface area contributed by atoms with Crippen LogP contribution in [-0.2, 0) is 0 Å². The van der Waals surface area contributed by atoms with Gasteiger partial charge in [0.15, 0.2) is 0 Å². The summed E-state index contributed by atoms with van der Waals surface area (Å²) >= 11 is 0. The van der Waals surface area contributed by atoms with Crippen LogP contribution < -0.4 is 0 Å². The molecule has 1 atom stereocenters. The van der Waals surface area contributed by atoms with Crippen molar-refractivity contribution in [2.45, 2.75) is 13.8 Å². The first-order valence-corrected chi connectivity index (χ1v) is 5.08. The monoisotopic (exact) mass is 190 g/mol. The van der Waals surface area contributed by atoms with Crippen LogP contribution in [0.1, 0.15) is 19.4 Å². The van der Waals surface area contributed by atoms with E-state index in [1.165, 1.54) is 5.56 Å². The average Bonchev–Trinajstić information content (AvgIpc) is 2.20. The summed E-state index contributed by atoms with van der Waals surface area (Å²) in [6, 6.07) is 10.2. The lowest BCUT2D eigenvalue weighted by atomic mass is 9.96. The van der Waals surface area contributed by atoms with Crippen LogP contribution in [0.25, 0.3) is 6.08 Å². The Morgan fingerprint density at radius 3 is 2.36 bits per heavy atom. The fourth-order valence-corrected chi connectivity index (χ4v) is 1.29. The van der Waals surface area contributed by atoms with E-state index in [4.69, 9.17) is 5.11 Å². The second kappa shape index (κ2) is 5.61. The quantitative estimate of drug-likeness (QED) is 0.774. The smallest absolute Gasteiger partial charge is 0.0496 e. The van der Waals surface area contributed by atoms with Gasteiger partial charge in [0.05, 0.1) is 0 Å². The number of hydrogen-bond acceptors (Lipinski definition) is 1. The predicted octanol–water partition coefficient (Wildman–Crippen LogP) is 2.96. The van der Waals surface area contributed by atoms with Crippen LogP contribution in [0.4, 0.5) is 0 Å². The summed E-state index contributed by atoms with van der Waals surface area (Å²) in [6.07, 6.45) is 4.15. The van der Waals surface area contributed by atoms with Crippen molar-refractivity contribution in [2.24, 2.45) is 11.8 Å². The van der Waals surface area contributed by atoms with Crippen LogP contribution >= 0.6 is 0 Å². The third-order valence-electron chi connectivity index (χ3n) is 2.40. The van der Waals surface area contributed by atoms with Crippen LogP contribution in [-0.4, -0.2) is 11.7 Å². The van der Waals surface area contributed by atoms with Gasteiger partial charge in [0.2, 0.25) is 0 Å².